The Morgan fingerprint density at radius 1 is 1.23 bits per heavy atom. The Morgan fingerprint density at radius 2 is 2.08 bits per heavy atom. The molecule has 0 radical (unpaired) electrons. The predicted molar refractivity (Wildman–Crippen MR) is 49.3 cm³/mol. The van der Waals surface area contributed by atoms with Gasteiger partial charge in [0.05, 0.1) is 5.69 Å². The van der Waals surface area contributed by atoms with Crippen LogP contribution in [0.1, 0.15) is 41.5 Å². The lowest BCUT2D eigenvalue weighted by molar-refractivity contribution is 0.755. The van der Waals surface area contributed by atoms with Gasteiger partial charge in [0.25, 0.3) is 0 Å². The molecule has 1 aromatic heterocycles. The first-order valence-electron chi connectivity index (χ1n) is 4.91. The average molecular weight is 175 g/mol. The Morgan fingerprint density at radius 3 is 2.85 bits per heavy atom. The molecule has 1 aromatic rings. The fourth-order valence-corrected chi connectivity index (χ4v) is 1.89. The quantitative estimate of drug-likeness (QED) is 0.698. The van der Waals surface area contributed by atoms with Gasteiger partial charge in [-0.3, -0.25) is 0 Å². The van der Waals surface area contributed by atoms with Crippen molar-refractivity contribution in [1.29, 1.82) is 0 Å². The zero-order valence-corrected chi connectivity index (χ0v) is 7.80. The van der Waals surface area contributed by atoms with E-state index in [9.17, 15) is 0 Å². The van der Waals surface area contributed by atoms with Crippen LogP contribution >= 0.6 is 0 Å². The molecule has 0 aromatic carbocycles. The molecular formula is C10H13N3. The number of fused-ring (bicyclic) bond motifs is 1. The second-order valence-electron chi connectivity index (χ2n) is 3.97. The van der Waals surface area contributed by atoms with Gasteiger partial charge in [-0.1, -0.05) is 0 Å². The summed E-state index contributed by atoms with van der Waals surface area (Å²) in [5.74, 6) is 1.75. The van der Waals surface area contributed by atoms with E-state index in [0.29, 0.717) is 5.92 Å². The van der Waals surface area contributed by atoms with Gasteiger partial charge >= 0.3 is 0 Å². The third kappa shape index (κ3) is 1.15. The van der Waals surface area contributed by atoms with E-state index in [1.54, 1.807) is 0 Å². The fraction of sp³-hybridized carbons (Fsp3) is 0.600. The largest absolute Gasteiger partial charge is 0.307 e. The zero-order valence-electron chi connectivity index (χ0n) is 7.80. The molecule has 0 unspecified atom stereocenters. The van der Waals surface area contributed by atoms with E-state index in [-0.39, 0.29) is 0 Å². The van der Waals surface area contributed by atoms with Crippen LogP contribution in [0.5, 0.6) is 0 Å². The van der Waals surface area contributed by atoms with Gasteiger partial charge in [-0.05, 0) is 19.8 Å². The maximum atomic E-state index is 4.60. The van der Waals surface area contributed by atoms with Crippen molar-refractivity contribution in [2.75, 3.05) is 0 Å². The van der Waals surface area contributed by atoms with Crippen LogP contribution in [0.4, 0.5) is 0 Å². The Balaban J connectivity index is 2.10. The van der Waals surface area contributed by atoms with Gasteiger partial charge in [0.1, 0.15) is 5.82 Å². The average Bonchev–Trinajstić information content (AvgIpc) is 2.85. The molecule has 2 aliphatic rings. The molecule has 13 heavy (non-hydrogen) atoms. The van der Waals surface area contributed by atoms with Gasteiger partial charge in [0.2, 0.25) is 0 Å². The normalized spacial score (nSPS) is 20.4. The van der Waals surface area contributed by atoms with Gasteiger partial charge in [-0.25, -0.2) is 9.97 Å². The number of nitrogens with zero attached hydrogens (tertiary/aromatic N) is 2. The lowest BCUT2D eigenvalue weighted by atomic mass is 10.2. The van der Waals surface area contributed by atoms with E-state index < -0.39 is 0 Å². The smallest absolute Gasteiger partial charge is 0.132 e. The highest BCUT2D eigenvalue weighted by Gasteiger charge is 2.28. The molecule has 1 aliphatic heterocycles. The van der Waals surface area contributed by atoms with Crippen LogP contribution in [0.25, 0.3) is 0 Å². The number of rotatable bonds is 1. The Hall–Kier alpha value is -0.960. The highest BCUT2D eigenvalue weighted by Crippen LogP contribution is 2.38. The van der Waals surface area contributed by atoms with E-state index in [2.05, 4.69) is 22.2 Å². The van der Waals surface area contributed by atoms with E-state index >= 15 is 0 Å². The Bertz CT molecular complexity index is 355. The molecule has 0 spiro atoms. The molecule has 0 atom stereocenters. The second-order valence-corrected chi connectivity index (χ2v) is 3.97. The minimum absolute atomic E-state index is 0.671. The highest BCUT2D eigenvalue weighted by atomic mass is 15.0. The summed E-state index contributed by atoms with van der Waals surface area (Å²) in [6.45, 7) is 3.98. The zero-order chi connectivity index (χ0) is 8.84. The lowest BCUT2D eigenvalue weighted by Crippen LogP contribution is -2.01. The first-order valence-corrected chi connectivity index (χ1v) is 4.91. The van der Waals surface area contributed by atoms with Gasteiger partial charge in [0, 0.05) is 30.3 Å². The van der Waals surface area contributed by atoms with Crippen LogP contribution in [0.15, 0.2) is 0 Å². The molecule has 2 heterocycles. The minimum atomic E-state index is 0.671. The summed E-state index contributed by atoms with van der Waals surface area (Å²) in [6.07, 6.45) is 2.57. The standard InChI is InChI=1S/C10H13N3/c1-6-8-4-11-5-9(8)13-10(12-6)7-2-3-7/h7,11H,2-5H2,1H3. The lowest BCUT2D eigenvalue weighted by Gasteiger charge is -2.04. The van der Waals surface area contributed by atoms with Crippen molar-refractivity contribution < 1.29 is 0 Å². The van der Waals surface area contributed by atoms with Gasteiger partial charge in [-0.15, -0.1) is 0 Å². The number of nitrogens with one attached hydrogen (secondary N) is 1. The van der Waals surface area contributed by atoms with Crippen LogP contribution in [-0.2, 0) is 13.1 Å². The summed E-state index contributed by atoms with van der Waals surface area (Å²) in [5, 5.41) is 3.31. The molecule has 3 rings (SSSR count). The molecule has 1 saturated carbocycles. The summed E-state index contributed by atoms with van der Waals surface area (Å²) in [5.41, 5.74) is 3.73. The van der Waals surface area contributed by atoms with Crippen LogP contribution in [-0.4, -0.2) is 9.97 Å². The van der Waals surface area contributed by atoms with Crippen molar-refractivity contribution in [3.63, 3.8) is 0 Å². The maximum absolute atomic E-state index is 4.60. The third-order valence-electron chi connectivity index (χ3n) is 2.85. The summed E-state index contributed by atoms with van der Waals surface area (Å²) in [7, 11) is 0. The molecule has 3 heteroatoms. The molecule has 0 amide bonds. The van der Waals surface area contributed by atoms with Crippen molar-refractivity contribution in [3.8, 4) is 0 Å². The number of hydrogen-bond acceptors (Lipinski definition) is 3. The fourth-order valence-electron chi connectivity index (χ4n) is 1.89. The predicted octanol–water partition coefficient (Wildman–Crippen LogP) is 1.27. The van der Waals surface area contributed by atoms with Gasteiger partial charge in [-0.2, -0.15) is 0 Å². The maximum Gasteiger partial charge on any atom is 0.132 e. The van der Waals surface area contributed by atoms with Crippen molar-refractivity contribution in [3.05, 3.63) is 22.8 Å². The van der Waals surface area contributed by atoms with Crippen LogP contribution in [0.2, 0.25) is 0 Å². The van der Waals surface area contributed by atoms with E-state index in [0.717, 1.165) is 18.9 Å². The first-order chi connectivity index (χ1) is 6.34. The molecule has 68 valence electrons. The van der Waals surface area contributed by atoms with E-state index in [1.165, 1.54) is 29.8 Å². The number of aromatic nitrogens is 2. The number of hydrogen-bond donors (Lipinski definition) is 1. The molecular weight excluding hydrogens is 162 g/mol. The molecule has 1 fully saturated rings. The monoisotopic (exact) mass is 175 g/mol. The van der Waals surface area contributed by atoms with Crippen LogP contribution in [0.3, 0.4) is 0 Å². The molecule has 0 saturated heterocycles. The summed E-state index contributed by atoms with van der Waals surface area (Å²) in [4.78, 5) is 9.16. The van der Waals surface area contributed by atoms with E-state index in [4.69, 9.17) is 0 Å². The van der Waals surface area contributed by atoms with Crippen molar-refractivity contribution >= 4 is 0 Å². The molecule has 3 nitrogen and oxygen atoms in total. The second kappa shape index (κ2) is 2.51. The summed E-state index contributed by atoms with van der Waals surface area (Å²) in [6, 6.07) is 0. The summed E-state index contributed by atoms with van der Waals surface area (Å²) >= 11 is 0. The topological polar surface area (TPSA) is 37.8 Å². The van der Waals surface area contributed by atoms with E-state index in [1.807, 2.05) is 0 Å². The van der Waals surface area contributed by atoms with Crippen LogP contribution in [0, 0.1) is 6.92 Å². The van der Waals surface area contributed by atoms with Gasteiger partial charge < -0.3 is 5.32 Å². The van der Waals surface area contributed by atoms with Gasteiger partial charge in [0.15, 0.2) is 0 Å². The van der Waals surface area contributed by atoms with Crippen LogP contribution < -0.4 is 5.32 Å². The van der Waals surface area contributed by atoms with Crippen molar-refractivity contribution in [2.45, 2.75) is 38.8 Å². The molecule has 1 N–H and O–H groups in total. The molecule has 0 bridgehead atoms. The summed E-state index contributed by atoms with van der Waals surface area (Å²) < 4.78 is 0. The van der Waals surface area contributed by atoms with Crippen molar-refractivity contribution in [2.24, 2.45) is 0 Å². The SMILES string of the molecule is Cc1nc(C2CC2)nc2c1CNC2. The Kier molecular flexibility index (Phi) is 1.44. The highest BCUT2D eigenvalue weighted by molar-refractivity contribution is 5.29. The minimum Gasteiger partial charge on any atom is -0.307 e. The number of aryl methyl sites for hydroxylation is 1. The molecule has 1 aliphatic carbocycles. The third-order valence-corrected chi connectivity index (χ3v) is 2.85. The first kappa shape index (κ1) is 7.44. The Labute approximate surface area is 77.6 Å². The van der Waals surface area contributed by atoms with Crippen molar-refractivity contribution in [1.82, 2.24) is 15.3 Å².